The summed E-state index contributed by atoms with van der Waals surface area (Å²) in [4.78, 5) is 18.1. The molecule has 2 amide bonds. The van der Waals surface area contributed by atoms with Crippen molar-refractivity contribution in [2.24, 2.45) is 0 Å². The second-order valence-electron chi connectivity index (χ2n) is 5.31. The minimum atomic E-state index is -0.0748. The summed E-state index contributed by atoms with van der Waals surface area (Å²) in [6.07, 6.45) is 5.34. The van der Waals surface area contributed by atoms with Crippen LogP contribution in [-0.4, -0.2) is 35.1 Å². The Morgan fingerprint density at radius 3 is 2.73 bits per heavy atom. The molecular weight excluding hydrogens is 278 g/mol. The minimum Gasteiger partial charge on any atom is -0.488 e. The summed E-state index contributed by atoms with van der Waals surface area (Å²) in [6.45, 7) is 1.36. The van der Waals surface area contributed by atoms with Crippen LogP contribution in [0.25, 0.3) is 0 Å². The molecule has 3 rings (SSSR count). The number of benzene rings is 1. The number of rotatable bonds is 3. The first-order valence-corrected chi connectivity index (χ1v) is 7.49. The molecule has 0 unspecified atom stereocenters. The molecule has 114 valence electrons. The van der Waals surface area contributed by atoms with E-state index in [1.807, 2.05) is 47.4 Å². The maximum absolute atomic E-state index is 12.3. The number of carbonyl (C=O) groups excluding carboxylic acids is 1. The molecule has 0 radical (unpaired) electrons. The Bertz CT molecular complexity index is 604. The van der Waals surface area contributed by atoms with Gasteiger partial charge in [0.25, 0.3) is 0 Å². The normalized spacial score (nSPS) is 17.8. The molecule has 5 heteroatoms. The van der Waals surface area contributed by atoms with Crippen LogP contribution in [0.2, 0.25) is 0 Å². The van der Waals surface area contributed by atoms with Gasteiger partial charge in [-0.05, 0) is 37.1 Å². The van der Waals surface area contributed by atoms with Gasteiger partial charge in [0, 0.05) is 24.6 Å². The number of nitrogens with one attached hydrogen (secondary N) is 1. The first kappa shape index (κ1) is 14.4. The molecule has 0 bridgehead atoms. The maximum Gasteiger partial charge on any atom is 0.321 e. The Morgan fingerprint density at radius 1 is 1.18 bits per heavy atom. The standard InChI is InChI=1S/C17H19N3O2/c21-17(19-14-5-2-1-3-6-14)20-12-4-7-16(13-20)22-15-8-10-18-11-9-15/h1-3,5-6,8-11,16H,4,7,12-13H2,(H,19,21)/t16-/m0/s1. The van der Waals surface area contributed by atoms with E-state index in [9.17, 15) is 4.79 Å². The van der Waals surface area contributed by atoms with E-state index < -0.39 is 0 Å². The number of para-hydroxylation sites is 1. The number of likely N-dealkylation sites (tertiary alicyclic amines) is 1. The highest BCUT2D eigenvalue weighted by atomic mass is 16.5. The third-order valence-corrected chi connectivity index (χ3v) is 3.64. The number of hydrogen-bond acceptors (Lipinski definition) is 3. The van der Waals surface area contributed by atoms with E-state index in [4.69, 9.17) is 4.74 Å². The fourth-order valence-electron chi connectivity index (χ4n) is 2.55. The molecular formula is C17H19N3O2. The van der Waals surface area contributed by atoms with Crippen LogP contribution in [0.1, 0.15) is 12.8 Å². The van der Waals surface area contributed by atoms with E-state index in [0.717, 1.165) is 30.8 Å². The van der Waals surface area contributed by atoms with Gasteiger partial charge in [0.15, 0.2) is 0 Å². The number of pyridine rings is 1. The number of piperidine rings is 1. The minimum absolute atomic E-state index is 0.0256. The van der Waals surface area contributed by atoms with E-state index in [0.29, 0.717) is 6.54 Å². The lowest BCUT2D eigenvalue weighted by Gasteiger charge is -2.32. The Morgan fingerprint density at radius 2 is 1.95 bits per heavy atom. The Kier molecular flexibility index (Phi) is 4.53. The molecule has 1 aliphatic heterocycles. The average Bonchev–Trinajstić information content (AvgIpc) is 2.57. The van der Waals surface area contributed by atoms with Gasteiger partial charge in [0.1, 0.15) is 11.9 Å². The van der Waals surface area contributed by atoms with Crippen molar-refractivity contribution in [1.82, 2.24) is 9.88 Å². The first-order valence-electron chi connectivity index (χ1n) is 7.49. The molecule has 2 heterocycles. The summed E-state index contributed by atoms with van der Waals surface area (Å²) < 4.78 is 5.92. The summed E-state index contributed by atoms with van der Waals surface area (Å²) in [7, 11) is 0. The smallest absolute Gasteiger partial charge is 0.321 e. The predicted molar refractivity (Wildman–Crippen MR) is 84.9 cm³/mol. The van der Waals surface area contributed by atoms with Crippen LogP contribution in [0.4, 0.5) is 10.5 Å². The summed E-state index contributed by atoms with van der Waals surface area (Å²) in [5.41, 5.74) is 0.810. The van der Waals surface area contributed by atoms with Gasteiger partial charge in [0.05, 0.1) is 6.54 Å². The van der Waals surface area contributed by atoms with Crippen molar-refractivity contribution >= 4 is 11.7 Å². The zero-order chi connectivity index (χ0) is 15.2. The fraction of sp³-hybridized carbons (Fsp3) is 0.294. The number of nitrogens with zero attached hydrogens (tertiary/aromatic N) is 2. The van der Waals surface area contributed by atoms with Gasteiger partial charge in [-0.25, -0.2) is 4.79 Å². The van der Waals surface area contributed by atoms with Gasteiger partial charge in [-0.1, -0.05) is 18.2 Å². The number of amides is 2. The van der Waals surface area contributed by atoms with Gasteiger partial charge >= 0.3 is 6.03 Å². The largest absolute Gasteiger partial charge is 0.488 e. The van der Waals surface area contributed by atoms with Crippen molar-refractivity contribution < 1.29 is 9.53 Å². The number of anilines is 1. The molecule has 1 aromatic carbocycles. The number of ether oxygens (including phenoxy) is 1. The predicted octanol–water partition coefficient (Wildman–Crippen LogP) is 3.16. The third kappa shape index (κ3) is 3.75. The zero-order valence-electron chi connectivity index (χ0n) is 12.3. The van der Waals surface area contributed by atoms with Gasteiger partial charge in [0.2, 0.25) is 0 Å². The monoisotopic (exact) mass is 297 g/mol. The highest BCUT2D eigenvalue weighted by molar-refractivity contribution is 5.89. The number of hydrogen-bond donors (Lipinski definition) is 1. The number of urea groups is 1. The van der Waals surface area contributed by atoms with E-state index in [-0.39, 0.29) is 12.1 Å². The second kappa shape index (κ2) is 6.93. The molecule has 1 N–H and O–H groups in total. The van der Waals surface area contributed by atoms with E-state index >= 15 is 0 Å². The van der Waals surface area contributed by atoms with E-state index in [1.54, 1.807) is 12.4 Å². The summed E-state index contributed by atoms with van der Waals surface area (Å²) >= 11 is 0. The molecule has 1 aliphatic rings. The Labute approximate surface area is 129 Å². The average molecular weight is 297 g/mol. The van der Waals surface area contributed by atoms with Crippen LogP contribution in [-0.2, 0) is 0 Å². The molecule has 22 heavy (non-hydrogen) atoms. The molecule has 0 aliphatic carbocycles. The van der Waals surface area contributed by atoms with E-state index in [1.165, 1.54) is 0 Å². The topological polar surface area (TPSA) is 54.5 Å². The fourth-order valence-corrected chi connectivity index (χ4v) is 2.55. The molecule has 1 saturated heterocycles. The van der Waals surface area contributed by atoms with Crippen LogP contribution < -0.4 is 10.1 Å². The SMILES string of the molecule is O=C(Nc1ccccc1)N1CCC[C@H](Oc2ccncc2)C1. The summed E-state index contributed by atoms with van der Waals surface area (Å²) in [5, 5.41) is 2.92. The van der Waals surface area contributed by atoms with Crippen molar-refractivity contribution in [2.75, 3.05) is 18.4 Å². The lowest BCUT2D eigenvalue weighted by Crippen LogP contribution is -2.46. The highest BCUT2D eigenvalue weighted by Gasteiger charge is 2.24. The summed E-state index contributed by atoms with van der Waals surface area (Å²) in [5.74, 6) is 0.797. The lowest BCUT2D eigenvalue weighted by atomic mass is 10.1. The molecule has 1 fully saturated rings. The van der Waals surface area contributed by atoms with Gasteiger partial charge < -0.3 is 15.0 Å². The number of carbonyl (C=O) groups is 1. The molecule has 5 nitrogen and oxygen atoms in total. The lowest BCUT2D eigenvalue weighted by molar-refractivity contribution is 0.106. The molecule has 0 saturated carbocycles. The van der Waals surface area contributed by atoms with Crippen molar-refractivity contribution in [3.05, 3.63) is 54.9 Å². The van der Waals surface area contributed by atoms with Crippen molar-refractivity contribution in [1.29, 1.82) is 0 Å². The molecule has 0 spiro atoms. The third-order valence-electron chi connectivity index (χ3n) is 3.64. The maximum atomic E-state index is 12.3. The van der Waals surface area contributed by atoms with Crippen LogP contribution in [0, 0.1) is 0 Å². The second-order valence-corrected chi connectivity index (χ2v) is 5.31. The summed E-state index contributed by atoms with van der Waals surface area (Å²) in [6, 6.07) is 13.1. The van der Waals surface area contributed by atoms with E-state index in [2.05, 4.69) is 10.3 Å². The molecule has 1 aromatic heterocycles. The molecule has 2 aromatic rings. The zero-order valence-corrected chi connectivity index (χ0v) is 12.3. The van der Waals surface area contributed by atoms with Crippen LogP contribution >= 0.6 is 0 Å². The quantitative estimate of drug-likeness (QED) is 0.947. The van der Waals surface area contributed by atoms with Crippen LogP contribution in [0.15, 0.2) is 54.9 Å². The number of aromatic nitrogens is 1. The molecule has 1 atom stereocenters. The van der Waals surface area contributed by atoms with Crippen molar-refractivity contribution in [3.63, 3.8) is 0 Å². The van der Waals surface area contributed by atoms with Crippen LogP contribution in [0.3, 0.4) is 0 Å². The van der Waals surface area contributed by atoms with Gasteiger partial charge in [-0.15, -0.1) is 0 Å². The Balaban J connectivity index is 1.57. The van der Waals surface area contributed by atoms with Crippen molar-refractivity contribution in [3.8, 4) is 5.75 Å². The Hall–Kier alpha value is -2.56. The first-order chi connectivity index (χ1) is 10.8. The van der Waals surface area contributed by atoms with Crippen molar-refractivity contribution in [2.45, 2.75) is 18.9 Å². The van der Waals surface area contributed by atoms with Gasteiger partial charge in [-0.3, -0.25) is 4.98 Å². The van der Waals surface area contributed by atoms with Crippen LogP contribution in [0.5, 0.6) is 5.75 Å². The highest BCUT2D eigenvalue weighted by Crippen LogP contribution is 2.18. The van der Waals surface area contributed by atoms with Gasteiger partial charge in [-0.2, -0.15) is 0 Å².